The molecule has 1 aliphatic rings. The van der Waals surface area contributed by atoms with Crippen molar-refractivity contribution in [3.8, 4) is 11.5 Å². The lowest BCUT2D eigenvalue weighted by Crippen LogP contribution is -2.28. The number of hydrogen-bond donors (Lipinski definition) is 2. The minimum Gasteiger partial charge on any atom is -0.496 e. The van der Waals surface area contributed by atoms with Gasteiger partial charge in [0, 0.05) is 31.2 Å². The molecule has 0 aliphatic carbocycles. The number of aliphatic hydroxyl groups excluding tert-OH is 1. The Kier molecular flexibility index (Phi) is 5.23. The third kappa shape index (κ3) is 3.23. The molecule has 5 heteroatoms. The van der Waals surface area contributed by atoms with Gasteiger partial charge in [-0.1, -0.05) is 0 Å². The zero-order valence-corrected chi connectivity index (χ0v) is 12.3. The van der Waals surface area contributed by atoms with Crippen molar-refractivity contribution in [3.63, 3.8) is 0 Å². The fourth-order valence-corrected chi connectivity index (χ4v) is 2.51. The molecule has 0 saturated carbocycles. The molecule has 112 valence electrons. The molecule has 20 heavy (non-hydrogen) atoms. The van der Waals surface area contributed by atoms with Crippen LogP contribution in [0.4, 0.5) is 0 Å². The van der Waals surface area contributed by atoms with Crippen LogP contribution in [0.3, 0.4) is 0 Å². The van der Waals surface area contributed by atoms with E-state index in [1.807, 2.05) is 19.1 Å². The zero-order valence-electron chi connectivity index (χ0n) is 12.3. The second kappa shape index (κ2) is 6.92. The van der Waals surface area contributed by atoms with E-state index in [0.29, 0.717) is 13.2 Å². The highest BCUT2D eigenvalue weighted by molar-refractivity contribution is 5.50. The molecule has 0 bridgehead atoms. The van der Waals surface area contributed by atoms with E-state index in [4.69, 9.17) is 14.2 Å². The maximum atomic E-state index is 9.60. The smallest absolute Gasteiger partial charge is 0.124 e. The van der Waals surface area contributed by atoms with Crippen LogP contribution in [-0.4, -0.2) is 45.2 Å². The lowest BCUT2D eigenvalue weighted by Gasteiger charge is -2.20. The zero-order chi connectivity index (χ0) is 14.5. The molecule has 1 aromatic carbocycles. The summed E-state index contributed by atoms with van der Waals surface area (Å²) in [5.74, 6) is 1.67. The molecule has 0 spiro atoms. The fourth-order valence-electron chi connectivity index (χ4n) is 2.51. The standard InChI is InChI=1S/C15H23NO4/c1-10-6-11-7-15(19-3)12(8-14(11)20-10)13(9-17)16-4-5-18-2/h7-8,10,13,16-17H,4-6,9H2,1-3H3. The highest BCUT2D eigenvalue weighted by atomic mass is 16.5. The molecule has 0 aromatic heterocycles. The van der Waals surface area contributed by atoms with Crippen molar-refractivity contribution >= 4 is 0 Å². The Bertz CT molecular complexity index is 450. The maximum absolute atomic E-state index is 9.60. The van der Waals surface area contributed by atoms with Gasteiger partial charge in [-0.2, -0.15) is 0 Å². The van der Waals surface area contributed by atoms with Gasteiger partial charge in [-0.25, -0.2) is 0 Å². The Balaban J connectivity index is 2.22. The van der Waals surface area contributed by atoms with Crippen LogP contribution in [0.1, 0.15) is 24.1 Å². The van der Waals surface area contributed by atoms with Gasteiger partial charge in [-0.3, -0.25) is 0 Å². The molecule has 1 aliphatic heterocycles. The summed E-state index contributed by atoms with van der Waals surface area (Å²) in [6.07, 6.45) is 1.09. The number of rotatable bonds is 7. The van der Waals surface area contributed by atoms with Gasteiger partial charge in [0.15, 0.2) is 0 Å². The number of methoxy groups -OCH3 is 2. The lowest BCUT2D eigenvalue weighted by molar-refractivity contribution is 0.183. The predicted octanol–water partition coefficient (Wildman–Crippen LogP) is 1.29. The quantitative estimate of drug-likeness (QED) is 0.738. The van der Waals surface area contributed by atoms with E-state index in [9.17, 15) is 5.11 Å². The molecule has 0 radical (unpaired) electrons. The third-order valence-corrected chi connectivity index (χ3v) is 3.50. The first-order chi connectivity index (χ1) is 9.69. The van der Waals surface area contributed by atoms with Crippen molar-refractivity contribution in [3.05, 3.63) is 23.3 Å². The molecule has 2 unspecified atom stereocenters. The Morgan fingerprint density at radius 3 is 2.90 bits per heavy atom. The molecule has 0 amide bonds. The molecule has 2 atom stereocenters. The molecule has 0 fully saturated rings. The number of nitrogens with one attached hydrogen (secondary N) is 1. The maximum Gasteiger partial charge on any atom is 0.124 e. The van der Waals surface area contributed by atoms with Gasteiger partial charge in [-0.15, -0.1) is 0 Å². The Morgan fingerprint density at radius 2 is 2.25 bits per heavy atom. The molecule has 2 rings (SSSR count). The Labute approximate surface area is 119 Å². The van der Waals surface area contributed by atoms with Gasteiger partial charge in [0.2, 0.25) is 0 Å². The summed E-state index contributed by atoms with van der Waals surface area (Å²) in [6.45, 7) is 3.30. The first-order valence-corrected chi connectivity index (χ1v) is 6.90. The van der Waals surface area contributed by atoms with Crippen LogP contribution in [0.2, 0.25) is 0 Å². The normalized spacial score (nSPS) is 18.5. The van der Waals surface area contributed by atoms with E-state index in [0.717, 1.165) is 29.0 Å². The summed E-state index contributed by atoms with van der Waals surface area (Å²) in [6, 6.07) is 3.79. The van der Waals surface area contributed by atoms with Crippen molar-refractivity contribution in [2.75, 3.05) is 34.0 Å². The number of aliphatic hydroxyl groups is 1. The highest BCUT2D eigenvalue weighted by Crippen LogP contribution is 2.37. The van der Waals surface area contributed by atoms with Crippen LogP contribution in [0, 0.1) is 0 Å². The number of benzene rings is 1. The van der Waals surface area contributed by atoms with Crippen LogP contribution >= 0.6 is 0 Å². The molecule has 0 saturated heterocycles. The summed E-state index contributed by atoms with van der Waals surface area (Å²) in [5.41, 5.74) is 2.07. The second-order valence-corrected chi connectivity index (χ2v) is 5.02. The third-order valence-electron chi connectivity index (χ3n) is 3.50. The van der Waals surface area contributed by atoms with Crippen LogP contribution in [-0.2, 0) is 11.2 Å². The minimum atomic E-state index is -0.190. The average Bonchev–Trinajstić information content (AvgIpc) is 2.81. The Morgan fingerprint density at radius 1 is 1.45 bits per heavy atom. The van der Waals surface area contributed by atoms with E-state index in [2.05, 4.69) is 5.32 Å². The predicted molar refractivity (Wildman–Crippen MR) is 76.5 cm³/mol. The van der Waals surface area contributed by atoms with Gasteiger partial charge in [0.25, 0.3) is 0 Å². The van der Waals surface area contributed by atoms with Gasteiger partial charge < -0.3 is 24.6 Å². The van der Waals surface area contributed by atoms with E-state index < -0.39 is 0 Å². The molecular formula is C15H23NO4. The van der Waals surface area contributed by atoms with Crippen LogP contribution in [0.25, 0.3) is 0 Å². The second-order valence-electron chi connectivity index (χ2n) is 5.02. The van der Waals surface area contributed by atoms with Crippen molar-refractivity contribution in [2.45, 2.75) is 25.5 Å². The summed E-state index contributed by atoms with van der Waals surface area (Å²) in [4.78, 5) is 0. The number of ether oxygens (including phenoxy) is 3. The lowest BCUT2D eigenvalue weighted by atomic mass is 10.0. The minimum absolute atomic E-state index is 0.00554. The monoisotopic (exact) mass is 281 g/mol. The number of hydrogen-bond acceptors (Lipinski definition) is 5. The van der Waals surface area contributed by atoms with E-state index in [1.165, 1.54) is 0 Å². The van der Waals surface area contributed by atoms with E-state index >= 15 is 0 Å². The van der Waals surface area contributed by atoms with Crippen molar-refractivity contribution in [1.29, 1.82) is 0 Å². The summed E-state index contributed by atoms with van der Waals surface area (Å²) >= 11 is 0. The SMILES string of the molecule is COCCNC(CO)c1cc2c(cc1OC)CC(C)O2. The van der Waals surface area contributed by atoms with Gasteiger partial charge in [0.05, 0.1) is 26.4 Å². The molecule has 1 aromatic rings. The van der Waals surface area contributed by atoms with Crippen molar-refractivity contribution < 1.29 is 19.3 Å². The van der Waals surface area contributed by atoms with Gasteiger partial charge >= 0.3 is 0 Å². The summed E-state index contributed by atoms with van der Waals surface area (Å²) in [7, 11) is 3.30. The summed E-state index contributed by atoms with van der Waals surface area (Å²) < 4.78 is 16.3. The molecular weight excluding hydrogens is 258 g/mol. The fraction of sp³-hybridized carbons (Fsp3) is 0.600. The largest absolute Gasteiger partial charge is 0.496 e. The van der Waals surface area contributed by atoms with Gasteiger partial charge in [-0.05, 0) is 19.1 Å². The first kappa shape index (κ1) is 15.1. The number of fused-ring (bicyclic) bond motifs is 1. The van der Waals surface area contributed by atoms with Gasteiger partial charge in [0.1, 0.15) is 17.6 Å². The Hall–Kier alpha value is -1.30. The molecule has 1 heterocycles. The van der Waals surface area contributed by atoms with Crippen molar-refractivity contribution in [2.24, 2.45) is 0 Å². The average molecular weight is 281 g/mol. The van der Waals surface area contributed by atoms with Crippen LogP contribution in [0.5, 0.6) is 11.5 Å². The topological polar surface area (TPSA) is 60.0 Å². The molecule has 5 nitrogen and oxygen atoms in total. The van der Waals surface area contributed by atoms with Crippen LogP contribution < -0.4 is 14.8 Å². The van der Waals surface area contributed by atoms with E-state index in [-0.39, 0.29) is 18.8 Å². The van der Waals surface area contributed by atoms with Crippen molar-refractivity contribution in [1.82, 2.24) is 5.32 Å². The van der Waals surface area contributed by atoms with Crippen LogP contribution in [0.15, 0.2) is 12.1 Å². The highest BCUT2D eigenvalue weighted by Gasteiger charge is 2.24. The first-order valence-electron chi connectivity index (χ1n) is 6.90. The molecule has 2 N–H and O–H groups in total. The summed E-state index contributed by atoms with van der Waals surface area (Å²) in [5, 5.41) is 12.9. The van der Waals surface area contributed by atoms with E-state index in [1.54, 1.807) is 14.2 Å².